The standard InChI is InChI=1S/C19H19F3N2O2/c20-19(21,22)26-17-8-6-15(7-9-17)14-18(25)24-12-10-23(11-13-24)16-4-2-1-3-5-16/h1-9H,10-14H2. The van der Waals surface area contributed by atoms with Gasteiger partial charge in [0.25, 0.3) is 0 Å². The predicted molar refractivity (Wildman–Crippen MR) is 92.1 cm³/mol. The molecule has 0 spiro atoms. The molecule has 1 aliphatic heterocycles. The molecule has 0 aromatic heterocycles. The van der Waals surface area contributed by atoms with Crippen molar-refractivity contribution in [2.75, 3.05) is 31.1 Å². The van der Waals surface area contributed by atoms with E-state index in [-0.39, 0.29) is 18.1 Å². The monoisotopic (exact) mass is 364 g/mol. The minimum Gasteiger partial charge on any atom is -0.406 e. The maximum Gasteiger partial charge on any atom is 0.573 e. The van der Waals surface area contributed by atoms with Crippen LogP contribution in [0.1, 0.15) is 5.56 Å². The summed E-state index contributed by atoms with van der Waals surface area (Å²) >= 11 is 0. The van der Waals surface area contributed by atoms with E-state index in [2.05, 4.69) is 9.64 Å². The Balaban J connectivity index is 1.51. The van der Waals surface area contributed by atoms with E-state index in [0.29, 0.717) is 18.7 Å². The Morgan fingerprint density at radius 1 is 0.923 bits per heavy atom. The molecule has 1 aliphatic rings. The van der Waals surface area contributed by atoms with E-state index in [9.17, 15) is 18.0 Å². The Bertz CT molecular complexity index is 725. The normalized spacial score (nSPS) is 15.0. The Morgan fingerprint density at radius 2 is 1.54 bits per heavy atom. The lowest BCUT2D eigenvalue weighted by Gasteiger charge is -2.36. The van der Waals surface area contributed by atoms with Crippen molar-refractivity contribution in [2.24, 2.45) is 0 Å². The second kappa shape index (κ2) is 7.68. The maximum atomic E-state index is 12.4. The van der Waals surface area contributed by atoms with Crippen LogP contribution in [0.4, 0.5) is 18.9 Å². The average Bonchev–Trinajstić information content (AvgIpc) is 2.63. The zero-order valence-electron chi connectivity index (χ0n) is 14.1. The molecule has 0 radical (unpaired) electrons. The minimum atomic E-state index is -4.71. The lowest BCUT2D eigenvalue weighted by atomic mass is 10.1. The molecule has 4 nitrogen and oxygen atoms in total. The van der Waals surface area contributed by atoms with Gasteiger partial charge in [0.1, 0.15) is 5.75 Å². The number of hydrogen-bond acceptors (Lipinski definition) is 3. The fraction of sp³-hybridized carbons (Fsp3) is 0.316. The first kappa shape index (κ1) is 18.1. The van der Waals surface area contributed by atoms with Gasteiger partial charge in [-0.2, -0.15) is 0 Å². The molecule has 0 atom stereocenters. The van der Waals surface area contributed by atoms with Crippen LogP contribution in [-0.2, 0) is 11.2 Å². The van der Waals surface area contributed by atoms with E-state index in [4.69, 9.17) is 0 Å². The number of amides is 1. The Morgan fingerprint density at radius 3 is 2.12 bits per heavy atom. The van der Waals surface area contributed by atoms with Crippen LogP contribution in [0.2, 0.25) is 0 Å². The van der Waals surface area contributed by atoms with Crippen LogP contribution in [-0.4, -0.2) is 43.3 Å². The van der Waals surface area contributed by atoms with Gasteiger partial charge in [-0.05, 0) is 29.8 Å². The number of alkyl halides is 3. The van der Waals surface area contributed by atoms with Gasteiger partial charge in [0.15, 0.2) is 0 Å². The van der Waals surface area contributed by atoms with Crippen molar-refractivity contribution in [2.45, 2.75) is 12.8 Å². The molecule has 1 heterocycles. The molecule has 0 unspecified atom stereocenters. The number of ether oxygens (including phenoxy) is 1. The first-order valence-electron chi connectivity index (χ1n) is 8.33. The third-order valence-corrected chi connectivity index (χ3v) is 4.27. The van der Waals surface area contributed by atoms with E-state index >= 15 is 0 Å². The molecule has 0 saturated carbocycles. The summed E-state index contributed by atoms with van der Waals surface area (Å²) in [7, 11) is 0. The van der Waals surface area contributed by atoms with Crippen molar-refractivity contribution < 1.29 is 22.7 Å². The van der Waals surface area contributed by atoms with E-state index in [0.717, 1.165) is 18.8 Å². The van der Waals surface area contributed by atoms with Gasteiger partial charge in [-0.3, -0.25) is 4.79 Å². The fourth-order valence-electron chi connectivity index (χ4n) is 2.95. The fourth-order valence-corrected chi connectivity index (χ4v) is 2.95. The van der Waals surface area contributed by atoms with E-state index in [1.54, 1.807) is 4.90 Å². The number of benzene rings is 2. The highest BCUT2D eigenvalue weighted by Gasteiger charge is 2.31. The Hall–Kier alpha value is -2.70. The van der Waals surface area contributed by atoms with Crippen molar-refractivity contribution in [1.29, 1.82) is 0 Å². The van der Waals surface area contributed by atoms with Crippen LogP contribution in [0.15, 0.2) is 54.6 Å². The summed E-state index contributed by atoms with van der Waals surface area (Å²) in [5, 5.41) is 0. The summed E-state index contributed by atoms with van der Waals surface area (Å²) in [4.78, 5) is 16.4. The Labute approximate surface area is 149 Å². The van der Waals surface area contributed by atoms with Crippen molar-refractivity contribution in [1.82, 2.24) is 4.90 Å². The van der Waals surface area contributed by atoms with Crippen LogP contribution in [0.25, 0.3) is 0 Å². The molecule has 1 fully saturated rings. The highest BCUT2D eigenvalue weighted by atomic mass is 19.4. The van der Waals surface area contributed by atoms with Gasteiger partial charge < -0.3 is 14.5 Å². The van der Waals surface area contributed by atoms with Crippen LogP contribution in [0, 0.1) is 0 Å². The number of halogens is 3. The first-order chi connectivity index (χ1) is 12.4. The molecule has 1 saturated heterocycles. The van der Waals surface area contributed by atoms with Crippen molar-refractivity contribution in [3.05, 3.63) is 60.2 Å². The molecule has 2 aromatic rings. The van der Waals surface area contributed by atoms with E-state index in [1.165, 1.54) is 24.3 Å². The second-order valence-corrected chi connectivity index (χ2v) is 6.07. The first-order valence-corrected chi connectivity index (χ1v) is 8.33. The number of hydrogen-bond donors (Lipinski definition) is 0. The number of carbonyl (C=O) groups excluding carboxylic acids is 1. The lowest BCUT2D eigenvalue weighted by molar-refractivity contribution is -0.274. The predicted octanol–water partition coefficient (Wildman–Crippen LogP) is 3.48. The molecular formula is C19H19F3N2O2. The summed E-state index contributed by atoms with van der Waals surface area (Å²) < 4.78 is 40.3. The van der Waals surface area contributed by atoms with Crippen molar-refractivity contribution >= 4 is 11.6 Å². The molecule has 1 amide bonds. The summed E-state index contributed by atoms with van der Waals surface area (Å²) in [6.45, 7) is 2.77. The quantitative estimate of drug-likeness (QED) is 0.833. The van der Waals surface area contributed by atoms with Gasteiger partial charge in [0, 0.05) is 31.9 Å². The lowest BCUT2D eigenvalue weighted by Crippen LogP contribution is -2.49. The molecular weight excluding hydrogens is 345 g/mol. The van der Waals surface area contributed by atoms with Crippen molar-refractivity contribution in [3.8, 4) is 5.75 Å². The summed E-state index contributed by atoms with van der Waals surface area (Å²) in [6.07, 6.45) is -4.55. The number of nitrogens with zero attached hydrogens (tertiary/aromatic N) is 2. The molecule has 3 rings (SSSR count). The van der Waals surface area contributed by atoms with E-state index in [1.807, 2.05) is 30.3 Å². The zero-order valence-corrected chi connectivity index (χ0v) is 14.1. The summed E-state index contributed by atoms with van der Waals surface area (Å²) in [6, 6.07) is 15.4. The molecule has 2 aromatic carbocycles. The van der Waals surface area contributed by atoms with Crippen LogP contribution in [0.5, 0.6) is 5.75 Å². The Kier molecular flexibility index (Phi) is 5.35. The molecule has 26 heavy (non-hydrogen) atoms. The number of carbonyl (C=O) groups is 1. The van der Waals surface area contributed by atoms with Gasteiger partial charge in [-0.25, -0.2) is 0 Å². The number of anilines is 1. The van der Waals surface area contributed by atoms with Gasteiger partial charge >= 0.3 is 6.36 Å². The third kappa shape index (κ3) is 4.91. The van der Waals surface area contributed by atoms with Gasteiger partial charge in [0.05, 0.1) is 6.42 Å². The van der Waals surface area contributed by atoms with Gasteiger partial charge in [-0.15, -0.1) is 13.2 Å². The van der Waals surface area contributed by atoms with Crippen LogP contribution < -0.4 is 9.64 Å². The smallest absolute Gasteiger partial charge is 0.406 e. The second-order valence-electron chi connectivity index (χ2n) is 6.07. The topological polar surface area (TPSA) is 32.8 Å². The largest absolute Gasteiger partial charge is 0.573 e. The molecule has 0 aliphatic carbocycles. The van der Waals surface area contributed by atoms with Crippen molar-refractivity contribution in [3.63, 3.8) is 0 Å². The molecule has 7 heteroatoms. The molecule has 138 valence electrons. The highest BCUT2D eigenvalue weighted by molar-refractivity contribution is 5.79. The van der Waals surface area contributed by atoms with Crippen LogP contribution >= 0.6 is 0 Å². The summed E-state index contributed by atoms with van der Waals surface area (Å²) in [5.41, 5.74) is 1.80. The summed E-state index contributed by atoms with van der Waals surface area (Å²) in [5.74, 6) is -0.313. The van der Waals surface area contributed by atoms with Gasteiger partial charge in [-0.1, -0.05) is 30.3 Å². The van der Waals surface area contributed by atoms with Gasteiger partial charge in [0.2, 0.25) is 5.91 Å². The SMILES string of the molecule is O=C(Cc1ccc(OC(F)(F)F)cc1)N1CCN(c2ccccc2)CC1. The molecule has 0 bridgehead atoms. The number of para-hydroxylation sites is 1. The average molecular weight is 364 g/mol. The highest BCUT2D eigenvalue weighted by Crippen LogP contribution is 2.23. The third-order valence-electron chi connectivity index (χ3n) is 4.27. The zero-order chi connectivity index (χ0) is 18.6. The number of rotatable bonds is 4. The number of piperazine rings is 1. The maximum absolute atomic E-state index is 12.4. The molecule has 0 N–H and O–H groups in total. The van der Waals surface area contributed by atoms with E-state index < -0.39 is 6.36 Å². The van der Waals surface area contributed by atoms with Crippen LogP contribution in [0.3, 0.4) is 0 Å². The minimum absolute atomic E-state index is 0.0257.